The van der Waals surface area contributed by atoms with Gasteiger partial charge in [0, 0.05) is 28.0 Å². The zero-order valence-corrected chi connectivity index (χ0v) is 25.1. The molecule has 9 aromatic rings. The van der Waals surface area contributed by atoms with Gasteiger partial charge in [-0.25, -0.2) is 0 Å². The summed E-state index contributed by atoms with van der Waals surface area (Å²) in [6.45, 7) is 0. The van der Waals surface area contributed by atoms with Crippen LogP contribution in [0.15, 0.2) is 180 Å². The third kappa shape index (κ3) is 4.51. The molecule has 0 bridgehead atoms. The van der Waals surface area contributed by atoms with Crippen molar-refractivity contribution in [2.45, 2.75) is 0 Å². The van der Waals surface area contributed by atoms with Crippen LogP contribution >= 0.6 is 0 Å². The van der Waals surface area contributed by atoms with E-state index in [4.69, 9.17) is 4.42 Å². The lowest BCUT2D eigenvalue weighted by Gasteiger charge is -2.26. The number of hydrogen-bond acceptors (Lipinski definition) is 2. The van der Waals surface area contributed by atoms with Crippen molar-refractivity contribution < 1.29 is 4.42 Å². The van der Waals surface area contributed by atoms with Crippen LogP contribution in [0, 0.1) is 0 Å². The van der Waals surface area contributed by atoms with Crippen LogP contribution in [0.4, 0.5) is 17.1 Å². The minimum absolute atomic E-state index is 0.861. The summed E-state index contributed by atoms with van der Waals surface area (Å²) < 4.78 is 6.27. The number of para-hydroxylation sites is 1. The topological polar surface area (TPSA) is 16.4 Å². The van der Waals surface area contributed by atoms with Crippen LogP contribution in [0.3, 0.4) is 0 Å². The van der Waals surface area contributed by atoms with Crippen LogP contribution in [0.5, 0.6) is 0 Å². The molecule has 0 N–H and O–H groups in total. The molecule has 1 heterocycles. The van der Waals surface area contributed by atoms with Gasteiger partial charge in [-0.2, -0.15) is 0 Å². The van der Waals surface area contributed by atoms with E-state index >= 15 is 0 Å². The molecule has 0 aliphatic heterocycles. The van der Waals surface area contributed by atoms with Crippen molar-refractivity contribution in [2.75, 3.05) is 4.90 Å². The predicted molar refractivity (Wildman–Crippen MR) is 194 cm³/mol. The van der Waals surface area contributed by atoms with E-state index in [-0.39, 0.29) is 0 Å². The van der Waals surface area contributed by atoms with Gasteiger partial charge in [0.1, 0.15) is 11.3 Å². The summed E-state index contributed by atoms with van der Waals surface area (Å²) in [5.74, 6) is 0.861. The Labute approximate surface area is 267 Å². The minimum atomic E-state index is 0.861. The molecule has 216 valence electrons. The lowest BCUT2D eigenvalue weighted by Crippen LogP contribution is -2.10. The zero-order valence-electron chi connectivity index (χ0n) is 25.1. The van der Waals surface area contributed by atoms with Gasteiger partial charge in [-0.1, -0.05) is 121 Å². The molecule has 0 atom stereocenters. The maximum atomic E-state index is 6.27. The number of benzene rings is 8. The monoisotopic (exact) mass is 587 g/mol. The molecule has 0 saturated heterocycles. The Bertz CT molecular complexity index is 2510. The Balaban J connectivity index is 1.18. The summed E-state index contributed by atoms with van der Waals surface area (Å²) in [6.07, 6.45) is 0. The van der Waals surface area contributed by atoms with E-state index in [1.165, 1.54) is 43.4 Å². The van der Waals surface area contributed by atoms with Crippen LogP contribution in [-0.4, -0.2) is 0 Å². The molecule has 0 unspecified atom stereocenters. The number of rotatable bonds is 5. The van der Waals surface area contributed by atoms with Crippen molar-refractivity contribution in [3.05, 3.63) is 176 Å². The van der Waals surface area contributed by atoms with Gasteiger partial charge in [-0.05, 0) is 98.0 Å². The van der Waals surface area contributed by atoms with Crippen molar-refractivity contribution >= 4 is 60.3 Å². The van der Waals surface area contributed by atoms with Gasteiger partial charge in [-0.3, -0.25) is 0 Å². The van der Waals surface area contributed by atoms with Gasteiger partial charge in [0.2, 0.25) is 0 Å². The number of furan rings is 1. The summed E-state index contributed by atoms with van der Waals surface area (Å²) in [5, 5.41) is 8.61. The van der Waals surface area contributed by atoms with Crippen molar-refractivity contribution in [3.63, 3.8) is 0 Å². The fraction of sp³-hybridized carbons (Fsp3) is 0. The van der Waals surface area contributed by atoms with E-state index in [0.29, 0.717) is 0 Å². The molecule has 2 heteroatoms. The maximum Gasteiger partial charge on any atom is 0.135 e. The van der Waals surface area contributed by atoms with Gasteiger partial charge in [-0.15, -0.1) is 0 Å². The summed E-state index contributed by atoms with van der Waals surface area (Å²) in [6, 6.07) is 62.8. The number of nitrogens with zero attached hydrogens (tertiary/aromatic N) is 1. The normalized spacial score (nSPS) is 11.5. The van der Waals surface area contributed by atoms with Crippen molar-refractivity contribution in [1.82, 2.24) is 0 Å². The second-order valence-electron chi connectivity index (χ2n) is 11.8. The number of hydrogen-bond donors (Lipinski definition) is 0. The highest BCUT2D eigenvalue weighted by Crippen LogP contribution is 2.41. The predicted octanol–water partition coefficient (Wildman–Crippen LogP) is 12.7. The molecule has 46 heavy (non-hydrogen) atoms. The van der Waals surface area contributed by atoms with Crippen LogP contribution in [-0.2, 0) is 0 Å². The minimum Gasteiger partial charge on any atom is -0.456 e. The van der Waals surface area contributed by atoms with E-state index < -0.39 is 0 Å². The van der Waals surface area contributed by atoms with Crippen molar-refractivity contribution in [1.29, 1.82) is 0 Å². The second-order valence-corrected chi connectivity index (χ2v) is 11.8. The fourth-order valence-electron chi connectivity index (χ4n) is 6.77. The third-order valence-electron chi connectivity index (χ3n) is 9.01. The summed E-state index contributed by atoms with van der Waals surface area (Å²) in [5.41, 5.74) is 7.63. The molecule has 9 rings (SSSR count). The standard InChI is InChI=1S/C44H29NO/c1-2-11-32-26-38(25-20-30(32)10-1)45(37-15-9-14-34(27-37)44-29-35-13-4-8-19-43(35)46-44)36-23-21-31(22-24-36)42-28-33-12-3-5-16-39(33)40-17-6-7-18-41(40)42/h1-29H. The van der Waals surface area contributed by atoms with Gasteiger partial charge in [0.25, 0.3) is 0 Å². The van der Waals surface area contributed by atoms with Gasteiger partial charge in [0.15, 0.2) is 0 Å². The smallest absolute Gasteiger partial charge is 0.135 e. The van der Waals surface area contributed by atoms with Gasteiger partial charge in [0.05, 0.1) is 0 Å². The first-order valence-electron chi connectivity index (χ1n) is 15.7. The highest BCUT2D eigenvalue weighted by molar-refractivity contribution is 6.13. The molecule has 8 aromatic carbocycles. The van der Waals surface area contributed by atoms with Gasteiger partial charge >= 0.3 is 0 Å². The molecule has 0 amide bonds. The van der Waals surface area contributed by atoms with Crippen LogP contribution in [0.1, 0.15) is 0 Å². The van der Waals surface area contributed by atoms with Crippen molar-refractivity contribution in [2.24, 2.45) is 0 Å². The van der Waals surface area contributed by atoms with Crippen LogP contribution < -0.4 is 4.90 Å². The first-order chi connectivity index (χ1) is 22.8. The molecular formula is C44H29NO. The Morgan fingerprint density at radius 3 is 1.83 bits per heavy atom. The Morgan fingerprint density at radius 2 is 1.00 bits per heavy atom. The molecule has 0 aliphatic carbocycles. The van der Waals surface area contributed by atoms with Crippen molar-refractivity contribution in [3.8, 4) is 22.5 Å². The maximum absolute atomic E-state index is 6.27. The first kappa shape index (κ1) is 26.3. The molecule has 0 saturated carbocycles. The third-order valence-corrected chi connectivity index (χ3v) is 9.01. The molecule has 0 radical (unpaired) electrons. The van der Waals surface area contributed by atoms with Crippen LogP contribution in [0.2, 0.25) is 0 Å². The van der Waals surface area contributed by atoms with E-state index in [1.54, 1.807) is 0 Å². The lowest BCUT2D eigenvalue weighted by atomic mass is 9.93. The lowest BCUT2D eigenvalue weighted by molar-refractivity contribution is 0.631. The van der Waals surface area contributed by atoms with Gasteiger partial charge < -0.3 is 9.32 Å². The Morgan fingerprint density at radius 1 is 0.348 bits per heavy atom. The summed E-state index contributed by atoms with van der Waals surface area (Å²) in [7, 11) is 0. The number of fused-ring (bicyclic) bond motifs is 5. The fourth-order valence-corrected chi connectivity index (χ4v) is 6.77. The molecule has 2 nitrogen and oxygen atoms in total. The van der Waals surface area contributed by atoms with E-state index in [1.807, 2.05) is 18.2 Å². The SMILES string of the molecule is c1cc(-c2cc3ccccc3o2)cc(N(c2ccc(-c3cc4ccccc4c4ccccc34)cc2)c2ccc3ccccc3c2)c1. The molecule has 0 aliphatic rings. The average Bonchev–Trinajstić information content (AvgIpc) is 3.57. The van der Waals surface area contributed by atoms with E-state index in [9.17, 15) is 0 Å². The molecule has 1 aromatic heterocycles. The highest BCUT2D eigenvalue weighted by Gasteiger charge is 2.16. The quantitative estimate of drug-likeness (QED) is 0.186. The molecular weight excluding hydrogens is 558 g/mol. The zero-order chi connectivity index (χ0) is 30.5. The summed E-state index contributed by atoms with van der Waals surface area (Å²) in [4.78, 5) is 2.33. The van der Waals surface area contributed by atoms with E-state index in [0.717, 1.165) is 39.4 Å². The number of anilines is 3. The van der Waals surface area contributed by atoms with E-state index in [2.05, 4.69) is 163 Å². The summed E-state index contributed by atoms with van der Waals surface area (Å²) >= 11 is 0. The first-order valence-corrected chi connectivity index (χ1v) is 15.7. The second kappa shape index (κ2) is 10.8. The molecule has 0 spiro atoms. The average molecular weight is 588 g/mol. The Kier molecular flexibility index (Phi) is 6.17. The van der Waals surface area contributed by atoms with Crippen LogP contribution in [0.25, 0.3) is 65.7 Å². The highest BCUT2D eigenvalue weighted by atomic mass is 16.3. The largest absolute Gasteiger partial charge is 0.456 e. The molecule has 0 fully saturated rings. The Hall–Kier alpha value is -6.12.